The van der Waals surface area contributed by atoms with E-state index < -0.39 is 27.1 Å². The van der Waals surface area contributed by atoms with Crippen molar-refractivity contribution in [3.8, 4) is 17.0 Å². The number of fused-ring (bicyclic) bond motifs is 1. The van der Waals surface area contributed by atoms with Gasteiger partial charge in [0.05, 0.1) is 40.0 Å². The number of ether oxygens (including phenoxy) is 1. The number of aromatic nitrogens is 2. The van der Waals surface area contributed by atoms with Crippen molar-refractivity contribution in [2.45, 2.75) is 6.92 Å². The number of benzene rings is 2. The third-order valence-electron chi connectivity index (χ3n) is 4.95. The highest BCUT2D eigenvalue weighted by Crippen LogP contribution is 2.31. The summed E-state index contributed by atoms with van der Waals surface area (Å²) in [6.07, 6.45) is 3.73. The summed E-state index contributed by atoms with van der Waals surface area (Å²) < 4.78 is 7.18. The topological polar surface area (TPSA) is 142 Å². The molecule has 166 valence electrons. The van der Waals surface area contributed by atoms with Gasteiger partial charge in [0.1, 0.15) is 11.4 Å². The van der Waals surface area contributed by atoms with Crippen LogP contribution in [0, 0.1) is 27.2 Å². The lowest BCUT2D eigenvalue weighted by atomic mass is 10.1. The number of pyridine rings is 1. The lowest BCUT2D eigenvalue weighted by molar-refractivity contribution is -0.394. The molecular formula is C22H17N5O6. The molecule has 0 saturated heterocycles. The molecule has 0 aliphatic rings. The van der Waals surface area contributed by atoms with E-state index in [1.165, 1.54) is 7.11 Å². The largest absolute Gasteiger partial charge is 0.495 e. The average molecular weight is 447 g/mol. The van der Waals surface area contributed by atoms with Crippen LogP contribution in [0.25, 0.3) is 16.9 Å². The van der Waals surface area contributed by atoms with Crippen molar-refractivity contribution in [1.29, 1.82) is 0 Å². The number of hydrogen-bond donors (Lipinski definition) is 1. The molecule has 0 aliphatic heterocycles. The molecule has 2 aromatic carbocycles. The van der Waals surface area contributed by atoms with Crippen molar-refractivity contribution < 1.29 is 19.4 Å². The Balaban J connectivity index is 1.71. The number of nitrogens with one attached hydrogen (secondary N) is 1. The Bertz CT molecular complexity index is 1400. The van der Waals surface area contributed by atoms with Crippen LogP contribution in [0.5, 0.6) is 5.75 Å². The van der Waals surface area contributed by atoms with Gasteiger partial charge in [0.15, 0.2) is 0 Å². The predicted molar refractivity (Wildman–Crippen MR) is 120 cm³/mol. The highest BCUT2D eigenvalue weighted by molar-refractivity contribution is 6.06. The Morgan fingerprint density at radius 1 is 1.03 bits per heavy atom. The Morgan fingerprint density at radius 2 is 1.73 bits per heavy atom. The van der Waals surface area contributed by atoms with Gasteiger partial charge in [-0.2, -0.15) is 0 Å². The fourth-order valence-corrected chi connectivity index (χ4v) is 3.32. The molecule has 0 radical (unpaired) electrons. The number of carbonyl (C=O) groups is 1. The minimum Gasteiger partial charge on any atom is -0.495 e. The maximum absolute atomic E-state index is 12.8. The highest BCUT2D eigenvalue weighted by Gasteiger charge is 2.21. The molecule has 0 fully saturated rings. The zero-order valence-electron chi connectivity index (χ0n) is 17.5. The van der Waals surface area contributed by atoms with E-state index in [2.05, 4.69) is 10.3 Å². The average Bonchev–Trinajstić information content (AvgIpc) is 3.21. The van der Waals surface area contributed by atoms with E-state index >= 15 is 0 Å². The molecule has 0 saturated carbocycles. The maximum atomic E-state index is 12.8. The van der Waals surface area contributed by atoms with Crippen molar-refractivity contribution in [3.05, 3.63) is 92.3 Å². The van der Waals surface area contributed by atoms with Crippen LogP contribution in [0.15, 0.2) is 60.9 Å². The van der Waals surface area contributed by atoms with Crippen LogP contribution in [0.3, 0.4) is 0 Å². The van der Waals surface area contributed by atoms with Gasteiger partial charge in [-0.1, -0.05) is 0 Å². The van der Waals surface area contributed by atoms with E-state index in [0.717, 1.165) is 29.4 Å². The minimum atomic E-state index is -0.796. The number of aryl methyl sites for hydroxylation is 1. The molecule has 4 rings (SSSR count). The van der Waals surface area contributed by atoms with E-state index in [0.29, 0.717) is 17.0 Å². The number of nitro groups is 2. The van der Waals surface area contributed by atoms with Crippen LogP contribution in [-0.2, 0) is 0 Å². The molecule has 0 atom stereocenters. The van der Waals surface area contributed by atoms with E-state index in [9.17, 15) is 25.0 Å². The van der Waals surface area contributed by atoms with Crippen LogP contribution < -0.4 is 10.1 Å². The van der Waals surface area contributed by atoms with Gasteiger partial charge in [-0.05, 0) is 42.8 Å². The molecule has 11 heteroatoms. The second-order valence-corrected chi connectivity index (χ2v) is 7.22. The fourth-order valence-electron chi connectivity index (χ4n) is 3.32. The zero-order chi connectivity index (χ0) is 23.7. The summed E-state index contributed by atoms with van der Waals surface area (Å²) in [7, 11) is 1.43. The Kier molecular flexibility index (Phi) is 5.44. The van der Waals surface area contributed by atoms with Gasteiger partial charge in [-0.3, -0.25) is 25.0 Å². The molecule has 0 aliphatic carbocycles. The molecule has 0 unspecified atom stereocenters. The third kappa shape index (κ3) is 4.32. The summed E-state index contributed by atoms with van der Waals surface area (Å²) in [6.45, 7) is 1.97. The van der Waals surface area contributed by atoms with Gasteiger partial charge in [-0.15, -0.1) is 0 Å². The number of hydrogen-bond acceptors (Lipinski definition) is 7. The molecule has 2 heterocycles. The lowest BCUT2D eigenvalue weighted by Crippen LogP contribution is -2.13. The quantitative estimate of drug-likeness (QED) is 0.341. The van der Waals surface area contributed by atoms with E-state index in [-0.39, 0.29) is 11.3 Å². The number of amides is 1. The standard InChI is InChI=1S/C22H17N5O6/c1-13-5-6-25-12-19(23-21(25)7-13)14-3-4-20(33-2)18(10-14)24-22(28)15-8-16(26(29)30)11-17(9-15)27(31)32/h3-12H,1-2H3,(H,24,28). The summed E-state index contributed by atoms with van der Waals surface area (Å²) in [5, 5.41) is 24.9. The van der Waals surface area contributed by atoms with Gasteiger partial charge >= 0.3 is 0 Å². The van der Waals surface area contributed by atoms with Gasteiger partial charge in [-0.25, -0.2) is 4.98 Å². The Hall–Kier alpha value is -4.80. The number of nitro benzene ring substituents is 2. The summed E-state index contributed by atoms with van der Waals surface area (Å²) in [6, 6.07) is 11.7. The SMILES string of the molecule is COc1ccc(-c2cn3ccc(C)cc3n2)cc1NC(=O)c1cc([N+](=O)[O-])cc([N+](=O)[O-])c1. The van der Waals surface area contributed by atoms with Gasteiger partial charge in [0, 0.05) is 30.1 Å². The number of rotatable bonds is 6. The first-order valence-electron chi connectivity index (χ1n) is 9.64. The molecule has 33 heavy (non-hydrogen) atoms. The highest BCUT2D eigenvalue weighted by atomic mass is 16.6. The summed E-state index contributed by atoms with van der Waals surface area (Å²) >= 11 is 0. The van der Waals surface area contributed by atoms with Crippen LogP contribution in [0.4, 0.5) is 17.1 Å². The molecule has 11 nitrogen and oxygen atoms in total. The van der Waals surface area contributed by atoms with Crippen molar-refractivity contribution in [3.63, 3.8) is 0 Å². The number of methoxy groups -OCH3 is 1. The number of non-ortho nitro benzene ring substituents is 2. The smallest absolute Gasteiger partial charge is 0.277 e. The zero-order valence-corrected chi connectivity index (χ0v) is 17.5. The van der Waals surface area contributed by atoms with E-state index in [4.69, 9.17) is 4.74 Å². The van der Waals surface area contributed by atoms with Crippen LogP contribution in [-0.4, -0.2) is 32.2 Å². The van der Waals surface area contributed by atoms with Crippen molar-refractivity contribution in [2.75, 3.05) is 12.4 Å². The molecule has 0 bridgehead atoms. The first-order valence-corrected chi connectivity index (χ1v) is 9.64. The number of carbonyl (C=O) groups excluding carboxylic acids is 1. The van der Waals surface area contributed by atoms with Crippen LogP contribution >= 0.6 is 0 Å². The van der Waals surface area contributed by atoms with Crippen LogP contribution in [0.2, 0.25) is 0 Å². The normalized spacial score (nSPS) is 10.7. The monoisotopic (exact) mass is 447 g/mol. The van der Waals surface area contributed by atoms with Crippen molar-refractivity contribution in [2.24, 2.45) is 0 Å². The summed E-state index contributed by atoms with van der Waals surface area (Å²) in [4.78, 5) is 38.1. The van der Waals surface area contributed by atoms with E-state index in [1.54, 1.807) is 18.2 Å². The Morgan fingerprint density at radius 3 is 2.36 bits per heavy atom. The second kappa shape index (κ2) is 8.38. The summed E-state index contributed by atoms with van der Waals surface area (Å²) in [5.41, 5.74) is 2.10. The number of nitrogens with zero attached hydrogens (tertiary/aromatic N) is 4. The van der Waals surface area contributed by atoms with Gasteiger partial charge < -0.3 is 14.5 Å². The number of anilines is 1. The van der Waals surface area contributed by atoms with Gasteiger partial charge in [0.2, 0.25) is 0 Å². The number of imidazole rings is 1. The summed E-state index contributed by atoms with van der Waals surface area (Å²) in [5.74, 6) is -0.422. The lowest BCUT2D eigenvalue weighted by Gasteiger charge is -2.11. The third-order valence-corrected chi connectivity index (χ3v) is 4.95. The predicted octanol–water partition coefficient (Wildman–Crippen LogP) is 4.39. The first kappa shape index (κ1) is 21.4. The van der Waals surface area contributed by atoms with E-state index in [1.807, 2.05) is 35.9 Å². The van der Waals surface area contributed by atoms with Crippen molar-refractivity contribution >= 4 is 28.6 Å². The molecule has 4 aromatic rings. The molecule has 0 spiro atoms. The van der Waals surface area contributed by atoms with Crippen molar-refractivity contribution in [1.82, 2.24) is 9.38 Å². The first-order chi connectivity index (χ1) is 15.7. The Labute approximate surface area is 186 Å². The fraction of sp³-hybridized carbons (Fsp3) is 0.0909. The molecular weight excluding hydrogens is 430 g/mol. The molecule has 2 aromatic heterocycles. The second-order valence-electron chi connectivity index (χ2n) is 7.22. The maximum Gasteiger partial charge on any atom is 0.277 e. The van der Waals surface area contributed by atoms with Gasteiger partial charge in [0.25, 0.3) is 17.3 Å². The van der Waals surface area contributed by atoms with Crippen LogP contribution in [0.1, 0.15) is 15.9 Å². The molecule has 1 N–H and O–H groups in total. The molecule has 1 amide bonds. The minimum absolute atomic E-state index is 0.230.